The van der Waals surface area contributed by atoms with Gasteiger partial charge in [0.15, 0.2) is 0 Å². The maximum absolute atomic E-state index is 11.6. The van der Waals surface area contributed by atoms with Crippen molar-refractivity contribution in [3.8, 4) is 0 Å². The first-order chi connectivity index (χ1) is 7.50. The summed E-state index contributed by atoms with van der Waals surface area (Å²) in [7, 11) is 0. The van der Waals surface area contributed by atoms with Gasteiger partial charge in [0.2, 0.25) is 6.10 Å². The molecule has 0 bridgehead atoms. The fraction of sp³-hybridized carbons (Fsp3) is 0.333. The number of aryl methyl sites for hydroxylation is 1. The summed E-state index contributed by atoms with van der Waals surface area (Å²) in [6, 6.07) is 3.54. The third kappa shape index (κ3) is 1.56. The Balaban J connectivity index is 2.51. The third-order valence-corrected chi connectivity index (χ3v) is 3.00. The molecule has 84 valence electrons. The minimum atomic E-state index is -1.10. The van der Waals surface area contributed by atoms with Crippen LogP contribution in [0.3, 0.4) is 0 Å². The van der Waals surface area contributed by atoms with E-state index in [-0.39, 0.29) is 6.42 Å². The highest BCUT2D eigenvalue weighted by atomic mass is 16.6. The molecule has 0 aromatic heterocycles. The lowest BCUT2D eigenvalue weighted by atomic mass is 9.91. The first-order valence-electron chi connectivity index (χ1n) is 5.03. The molecule has 0 aliphatic carbocycles. The fourth-order valence-corrected chi connectivity index (χ4v) is 1.89. The van der Waals surface area contributed by atoms with Crippen molar-refractivity contribution in [2.75, 3.05) is 0 Å². The van der Waals surface area contributed by atoms with Gasteiger partial charge < -0.3 is 9.84 Å². The van der Waals surface area contributed by atoms with Crippen molar-refractivity contribution >= 4 is 11.9 Å². The van der Waals surface area contributed by atoms with E-state index < -0.39 is 18.0 Å². The van der Waals surface area contributed by atoms with Crippen LogP contribution in [0.1, 0.15) is 27.0 Å². The number of esters is 1. The van der Waals surface area contributed by atoms with Crippen LogP contribution >= 0.6 is 0 Å². The maximum atomic E-state index is 11.6. The lowest BCUT2D eigenvalue weighted by molar-refractivity contribution is -0.147. The van der Waals surface area contributed by atoms with E-state index in [1.165, 1.54) is 0 Å². The zero-order chi connectivity index (χ0) is 11.9. The Bertz CT molecular complexity index is 476. The molecule has 16 heavy (non-hydrogen) atoms. The molecule has 2 rings (SSSR count). The summed E-state index contributed by atoms with van der Waals surface area (Å²) in [5, 5.41) is 8.86. The zero-order valence-corrected chi connectivity index (χ0v) is 9.11. The van der Waals surface area contributed by atoms with Crippen molar-refractivity contribution in [2.45, 2.75) is 26.4 Å². The molecule has 0 radical (unpaired) electrons. The molecule has 1 aliphatic heterocycles. The Morgan fingerprint density at radius 1 is 1.44 bits per heavy atom. The number of benzene rings is 1. The second-order valence-corrected chi connectivity index (χ2v) is 3.97. The minimum absolute atomic E-state index is 0.254. The maximum Gasteiger partial charge on any atom is 0.345 e. The fourth-order valence-electron chi connectivity index (χ4n) is 1.89. The minimum Gasteiger partial charge on any atom is -0.478 e. The SMILES string of the molecule is Cc1ccc2c(c1C)CC(C(=O)O)OC2=O. The molecule has 1 heterocycles. The van der Waals surface area contributed by atoms with Crippen LogP contribution in [0.25, 0.3) is 0 Å². The van der Waals surface area contributed by atoms with Crippen molar-refractivity contribution in [3.63, 3.8) is 0 Å². The highest BCUT2D eigenvalue weighted by Crippen LogP contribution is 2.25. The van der Waals surface area contributed by atoms with Crippen molar-refractivity contribution in [1.29, 1.82) is 0 Å². The number of aliphatic carboxylic acids is 1. The Morgan fingerprint density at radius 3 is 2.75 bits per heavy atom. The van der Waals surface area contributed by atoms with E-state index in [9.17, 15) is 9.59 Å². The Hall–Kier alpha value is -1.84. The van der Waals surface area contributed by atoms with Crippen LogP contribution in [-0.2, 0) is 16.0 Å². The van der Waals surface area contributed by atoms with Gasteiger partial charge in [-0.15, -0.1) is 0 Å². The van der Waals surface area contributed by atoms with Crippen LogP contribution in [0.5, 0.6) is 0 Å². The number of fused-ring (bicyclic) bond motifs is 1. The number of hydrogen-bond acceptors (Lipinski definition) is 3. The predicted molar refractivity (Wildman–Crippen MR) is 56.5 cm³/mol. The zero-order valence-electron chi connectivity index (χ0n) is 9.11. The molecule has 0 saturated heterocycles. The average molecular weight is 220 g/mol. The highest BCUT2D eigenvalue weighted by molar-refractivity contribution is 5.95. The molecule has 1 N–H and O–H groups in total. The number of ether oxygens (including phenoxy) is 1. The molecule has 0 amide bonds. The predicted octanol–water partition coefficient (Wildman–Crippen LogP) is 1.47. The summed E-state index contributed by atoms with van der Waals surface area (Å²) < 4.78 is 4.83. The number of carbonyl (C=O) groups is 2. The van der Waals surface area contributed by atoms with Crippen molar-refractivity contribution < 1.29 is 19.4 Å². The van der Waals surface area contributed by atoms with E-state index in [0.29, 0.717) is 5.56 Å². The molecule has 1 aromatic rings. The molecule has 0 fully saturated rings. The summed E-state index contributed by atoms with van der Waals surface area (Å²) in [6.07, 6.45) is -0.801. The van der Waals surface area contributed by atoms with Crippen molar-refractivity contribution in [3.05, 3.63) is 34.4 Å². The number of carbonyl (C=O) groups excluding carboxylic acids is 1. The van der Waals surface area contributed by atoms with Gasteiger partial charge in [-0.3, -0.25) is 0 Å². The van der Waals surface area contributed by atoms with Gasteiger partial charge in [0, 0.05) is 6.42 Å². The monoisotopic (exact) mass is 220 g/mol. The topological polar surface area (TPSA) is 63.6 Å². The summed E-state index contributed by atoms with van der Waals surface area (Å²) in [5.74, 6) is -1.64. The van der Waals surface area contributed by atoms with Crippen molar-refractivity contribution in [2.24, 2.45) is 0 Å². The van der Waals surface area contributed by atoms with E-state index >= 15 is 0 Å². The van der Waals surface area contributed by atoms with Crippen LogP contribution in [0.4, 0.5) is 0 Å². The summed E-state index contributed by atoms with van der Waals surface area (Å²) in [6.45, 7) is 3.83. The first kappa shape index (κ1) is 10.7. The molecule has 0 spiro atoms. The van der Waals surface area contributed by atoms with Gasteiger partial charge in [-0.1, -0.05) is 6.07 Å². The number of carboxylic acid groups (broad SMARTS) is 1. The molecule has 0 saturated carbocycles. The second kappa shape index (κ2) is 3.63. The van der Waals surface area contributed by atoms with Gasteiger partial charge in [-0.2, -0.15) is 0 Å². The normalized spacial score (nSPS) is 18.9. The standard InChI is InChI=1S/C12H12O4/c1-6-3-4-8-9(7(6)2)5-10(11(13)14)16-12(8)15/h3-4,10H,5H2,1-2H3,(H,13,14). The lowest BCUT2D eigenvalue weighted by Gasteiger charge is -2.23. The largest absolute Gasteiger partial charge is 0.478 e. The third-order valence-electron chi connectivity index (χ3n) is 3.00. The summed E-state index contributed by atoms with van der Waals surface area (Å²) >= 11 is 0. The van der Waals surface area contributed by atoms with Crippen LogP contribution in [0.2, 0.25) is 0 Å². The van der Waals surface area contributed by atoms with Gasteiger partial charge in [0.05, 0.1) is 5.56 Å². The van der Waals surface area contributed by atoms with Crippen LogP contribution in [0.15, 0.2) is 12.1 Å². The molecule has 1 aliphatic rings. The molecule has 1 aromatic carbocycles. The Kier molecular flexibility index (Phi) is 2.42. The Labute approximate surface area is 92.8 Å². The molecule has 1 atom stereocenters. The van der Waals surface area contributed by atoms with E-state index in [2.05, 4.69) is 0 Å². The molecular weight excluding hydrogens is 208 g/mol. The molecule has 4 heteroatoms. The second-order valence-electron chi connectivity index (χ2n) is 3.97. The summed E-state index contributed by atoms with van der Waals surface area (Å²) in [5.41, 5.74) is 3.31. The number of rotatable bonds is 1. The van der Waals surface area contributed by atoms with E-state index in [4.69, 9.17) is 9.84 Å². The number of hydrogen-bond donors (Lipinski definition) is 1. The highest BCUT2D eigenvalue weighted by Gasteiger charge is 2.32. The van der Waals surface area contributed by atoms with Crippen LogP contribution in [0, 0.1) is 13.8 Å². The van der Waals surface area contributed by atoms with Crippen LogP contribution < -0.4 is 0 Å². The molecular formula is C12H12O4. The van der Waals surface area contributed by atoms with E-state index in [1.807, 2.05) is 19.9 Å². The van der Waals surface area contributed by atoms with E-state index in [1.54, 1.807) is 6.07 Å². The number of carboxylic acids is 1. The Morgan fingerprint density at radius 2 is 2.12 bits per heavy atom. The van der Waals surface area contributed by atoms with Gasteiger partial charge in [-0.05, 0) is 36.6 Å². The quantitative estimate of drug-likeness (QED) is 0.728. The van der Waals surface area contributed by atoms with Gasteiger partial charge in [-0.25, -0.2) is 9.59 Å². The van der Waals surface area contributed by atoms with Gasteiger partial charge in [0.25, 0.3) is 0 Å². The average Bonchev–Trinajstić information content (AvgIpc) is 2.23. The molecule has 1 unspecified atom stereocenters. The smallest absolute Gasteiger partial charge is 0.345 e. The lowest BCUT2D eigenvalue weighted by Crippen LogP contribution is -2.34. The van der Waals surface area contributed by atoms with Crippen LogP contribution in [-0.4, -0.2) is 23.1 Å². The van der Waals surface area contributed by atoms with Gasteiger partial charge >= 0.3 is 11.9 Å². The number of cyclic esters (lactones) is 1. The van der Waals surface area contributed by atoms with Crippen molar-refractivity contribution in [1.82, 2.24) is 0 Å². The first-order valence-corrected chi connectivity index (χ1v) is 5.03. The summed E-state index contributed by atoms with van der Waals surface area (Å²) in [4.78, 5) is 22.4. The van der Waals surface area contributed by atoms with E-state index in [0.717, 1.165) is 16.7 Å². The van der Waals surface area contributed by atoms with Gasteiger partial charge in [0.1, 0.15) is 0 Å². The molecule has 4 nitrogen and oxygen atoms in total.